The second-order valence-corrected chi connectivity index (χ2v) is 5.66. The maximum absolute atomic E-state index is 12.3. The molecule has 0 aromatic heterocycles. The van der Waals surface area contributed by atoms with Crippen LogP contribution in [0, 0.1) is 0 Å². The highest BCUT2D eigenvalue weighted by Crippen LogP contribution is 2.30. The van der Waals surface area contributed by atoms with Crippen molar-refractivity contribution in [1.29, 1.82) is 0 Å². The van der Waals surface area contributed by atoms with E-state index < -0.39 is 0 Å². The van der Waals surface area contributed by atoms with Crippen LogP contribution in [0.1, 0.15) is 29.5 Å². The Balaban J connectivity index is 1.83. The van der Waals surface area contributed by atoms with Crippen LogP contribution < -0.4 is 0 Å². The predicted octanol–water partition coefficient (Wildman–Crippen LogP) is 3.35. The van der Waals surface area contributed by atoms with Crippen molar-refractivity contribution in [3.05, 3.63) is 71.3 Å². The van der Waals surface area contributed by atoms with Gasteiger partial charge in [0.1, 0.15) is 0 Å². The number of fused-ring (bicyclic) bond motifs is 1. The summed E-state index contributed by atoms with van der Waals surface area (Å²) in [4.78, 5) is 14.6. The van der Waals surface area contributed by atoms with Gasteiger partial charge in [0.15, 0.2) is 0 Å². The molecule has 0 saturated carbocycles. The molecule has 1 aliphatic heterocycles. The third kappa shape index (κ3) is 3.20. The molecular weight excluding hydrogens is 274 g/mol. The molecule has 1 aliphatic rings. The van der Waals surface area contributed by atoms with Gasteiger partial charge in [-0.1, -0.05) is 54.6 Å². The molecule has 22 heavy (non-hydrogen) atoms. The minimum Gasteiger partial charge on any atom is -0.465 e. The molecule has 114 valence electrons. The van der Waals surface area contributed by atoms with Gasteiger partial charge < -0.3 is 4.74 Å². The van der Waals surface area contributed by atoms with Gasteiger partial charge in [-0.2, -0.15) is 0 Å². The van der Waals surface area contributed by atoms with Crippen LogP contribution in [0.25, 0.3) is 0 Å². The Labute approximate surface area is 131 Å². The lowest BCUT2D eigenvalue weighted by atomic mass is 9.89. The van der Waals surface area contributed by atoms with Gasteiger partial charge in [0.25, 0.3) is 0 Å². The van der Waals surface area contributed by atoms with E-state index >= 15 is 0 Å². The van der Waals surface area contributed by atoms with Crippen molar-refractivity contribution in [3.63, 3.8) is 0 Å². The molecule has 3 rings (SSSR count). The number of rotatable bonds is 4. The molecule has 3 heteroatoms. The second kappa shape index (κ2) is 6.75. The summed E-state index contributed by atoms with van der Waals surface area (Å²) in [6.07, 6.45) is 0. The maximum Gasteiger partial charge on any atom is 0.314 e. The summed E-state index contributed by atoms with van der Waals surface area (Å²) in [5.41, 5.74) is 3.61. The molecule has 2 aromatic carbocycles. The summed E-state index contributed by atoms with van der Waals surface area (Å²) in [6.45, 7) is 4.72. The number of esters is 1. The SMILES string of the molecule is CCOC(=O)C1CN(Cc2ccccc2)Cc2ccccc21. The molecule has 0 aliphatic carbocycles. The van der Waals surface area contributed by atoms with E-state index in [4.69, 9.17) is 4.74 Å². The molecule has 0 saturated heterocycles. The first-order valence-electron chi connectivity index (χ1n) is 7.78. The molecule has 0 N–H and O–H groups in total. The first-order chi connectivity index (χ1) is 10.8. The Morgan fingerprint density at radius 2 is 1.86 bits per heavy atom. The van der Waals surface area contributed by atoms with Crippen molar-refractivity contribution in [3.8, 4) is 0 Å². The zero-order chi connectivity index (χ0) is 15.4. The van der Waals surface area contributed by atoms with Gasteiger partial charge in [0.2, 0.25) is 0 Å². The minimum absolute atomic E-state index is 0.118. The first-order valence-corrected chi connectivity index (χ1v) is 7.78. The normalized spacial score (nSPS) is 17.8. The molecule has 0 spiro atoms. The highest BCUT2D eigenvalue weighted by molar-refractivity contribution is 5.79. The van der Waals surface area contributed by atoms with Crippen molar-refractivity contribution in [2.24, 2.45) is 0 Å². The standard InChI is InChI=1S/C19H21NO2/c1-2-22-19(21)18-14-20(12-15-8-4-3-5-9-15)13-16-10-6-7-11-17(16)18/h3-11,18H,2,12-14H2,1H3. The molecule has 0 bridgehead atoms. The lowest BCUT2D eigenvalue weighted by Crippen LogP contribution is -2.37. The van der Waals surface area contributed by atoms with Gasteiger partial charge in [0.05, 0.1) is 12.5 Å². The molecule has 0 fully saturated rings. The Morgan fingerprint density at radius 1 is 1.14 bits per heavy atom. The highest BCUT2D eigenvalue weighted by Gasteiger charge is 2.31. The van der Waals surface area contributed by atoms with Crippen molar-refractivity contribution < 1.29 is 9.53 Å². The fourth-order valence-corrected chi connectivity index (χ4v) is 3.09. The number of carbonyl (C=O) groups excluding carboxylic acids is 1. The maximum atomic E-state index is 12.3. The summed E-state index contributed by atoms with van der Waals surface area (Å²) >= 11 is 0. The van der Waals surface area contributed by atoms with E-state index in [0.717, 1.165) is 18.7 Å². The van der Waals surface area contributed by atoms with Crippen LogP contribution in [0.15, 0.2) is 54.6 Å². The Kier molecular flexibility index (Phi) is 4.54. The minimum atomic E-state index is -0.186. The lowest BCUT2D eigenvalue weighted by molar-refractivity contribution is -0.145. The van der Waals surface area contributed by atoms with E-state index in [1.165, 1.54) is 11.1 Å². The van der Waals surface area contributed by atoms with Crippen molar-refractivity contribution in [2.75, 3.05) is 13.2 Å². The second-order valence-electron chi connectivity index (χ2n) is 5.66. The Hall–Kier alpha value is -2.13. The van der Waals surface area contributed by atoms with E-state index in [1.54, 1.807) is 0 Å². The van der Waals surface area contributed by atoms with Crippen molar-refractivity contribution in [2.45, 2.75) is 25.9 Å². The van der Waals surface area contributed by atoms with Gasteiger partial charge in [-0.05, 0) is 23.6 Å². The Morgan fingerprint density at radius 3 is 2.64 bits per heavy atom. The van der Waals surface area contributed by atoms with Gasteiger partial charge in [0, 0.05) is 19.6 Å². The van der Waals surface area contributed by atoms with Crippen molar-refractivity contribution in [1.82, 2.24) is 4.90 Å². The fourth-order valence-electron chi connectivity index (χ4n) is 3.09. The first kappa shape index (κ1) is 14.8. The molecule has 0 radical (unpaired) electrons. The number of nitrogens with zero attached hydrogens (tertiary/aromatic N) is 1. The number of ether oxygens (including phenoxy) is 1. The summed E-state index contributed by atoms with van der Waals surface area (Å²) in [7, 11) is 0. The number of hydrogen-bond acceptors (Lipinski definition) is 3. The number of carbonyl (C=O) groups is 1. The molecule has 1 atom stereocenters. The average molecular weight is 295 g/mol. The van der Waals surface area contributed by atoms with Gasteiger partial charge >= 0.3 is 5.97 Å². The average Bonchev–Trinajstić information content (AvgIpc) is 2.55. The zero-order valence-corrected chi connectivity index (χ0v) is 12.9. The molecule has 0 amide bonds. The predicted molar refractivity (Wildman–Crippen MR) is 86.4 cm³/mol. The number of benzene rings is 2. The van der Waals surface area contributed by atoms with Crippen molar-refractivity contribution >= 4 is 5.97 Å². The van der Waals surface area contributed by atoms with E-state index in [9.17, 15) is 4.79 Å². The zero-order valence-electron chi connectivity index (χ0n) is 12.9. The largest absolute Gasteiger partial charge is 0.465 e. The summed E-state index contributed by atoms with van der Waals surface area (Å²) in [5, 5.41) is 0. The van der Waals surface area contributed by atoms with Gasteiger partial charge in [-0.3, -0.25) is 9.69 Å². The third-order valence-corrected chi connectivity index (χ3v) is 4.09. The van der Waals surface area contributed by atoms with Crippen LogP contribution in [0.5, 0.6) is 0 Å². The fraction of sp³-hybridized carbons (Fsp3) is 0.316. The van der Waals surface area contributed by atoms with Crippen LogP contribution in [-0.4, -0.2) is 24.0 Å². The Bertz CT molecular complexity index is 639. The smallest absolute Gasteiger partial charge is 0.314 e. The van der Waals surface area contributed by atoms with Gasteiger partial charge in [-0.15, -0.1) is 0 Å². The summed E-state index contributed by atoms with van der Waals surface area (Å²) in [6, 6.07) is 18.6. The molecule has 1 heterocycles. The van der Waals surface area contributed by atoms with Crippen LogP contribution in [0.2, 0.25) is 0 Å². The third-order valence-electron chi connectivity index (χ3n) is 4.09. The molecule has 3 nitrogen and oxygen atoms in total. The van der Waals surface area contributed by atoms with E-state index in [1.807, 2.05) is 25.1 Å². The number of hydrogen-bond donors (Lipinski definition) is 0. The van der Waals surface area contributed by atoms with Gasteiger partial charge in [-0.25, -0.2) is 0 Å². The monoisotopic (exact) mass is 295 g/mol. The van der Waals surface area contributed by atoms with Crippen LogP contribution in [-0.2, 0) is 22.6 Å². The summed E-state index contributed by atoms with van der Waals surface area (Å²) < 4.78 is 5.27. The molecular formula is C19H21NO2. The molecule has 1 unspecified atom stereocenters. The van der Waals surface area contributed by atoms with Crippen LogP contribution in [0.3, 0.4) is 0 Å². The lowest BCUT2D eigenvalue weighted by Gasteiger charge is -2.33. The van der Waals surface area contributed by atoms with E-state index in [0.29, 0.717) is 13.2 Å². The molecule has 2 aromatic rings. The topological polar surface area (TPSA) is 29.5 Å². The quantitative estimate of drug-likeness (QED) is 0.810. The summed E-state index contributed by atoms with van der Waals surface area (Å²) in [5.74, 6) is -0.304. The van der Waals surface area contributed by atoms with E-state index in [-0.39, 0.29) is 11.9 Å². The van der Waals surface area contributed by atoms with E-state index in [2.05, 4.69) is 41.3 Å². The van der Waals surface area contributed by atoms with Crippen LogP contribution >= 0.6 is 0 Å². The highest BCUT2D eigenvalue weighted by atomic mass is 16.5. The van der Waals surface area contributed by atoms with Crippen LogP contribution in [0.4, 0.5) is 0 Å².